The molecular weight excluding hydrogens is 302 g/mol. The molecule has 1 aromatic carbocycles. The summed E-state index contributed by atoms with van der Waals surface area (Å²) in [6, 6.07) is 8.18. The summed E-state index contributed by atoms with van der Waals surface area (Å²) in [6.45, 7) is 3.34. The molecule has 6 nitrogen and oxygen atoms in total. The summed E-state index contributed by atoms with van der Waals surface area (Å²) < 4.78 is 1.80. The van der Waals surface area contributed by atoms with Crippen molar-refractivity contribution in [3.63, 3.8) is 0 Å². The van der Waals surface area contributed by atoms with Crippen LogP contribution in [0.4, 0.5) is 0 Å². The van der Waals surface area contributed by atoms with Crippen molar-refractivity contribution in [1.82, 2.24) is 25.4 Å². The van der Waals surface area contributed by atoms with E-state index in [2.05, 4.69) is 32.8 Å². The predicted molar refractivity (Wildman–Crippen MR) is 90.1 cm³/mol. The maximum Gasteiger partial charge on any atom is 0.223 e. The third kappa shape index (κ3) is 3.06. The van der Waals surface area contributed by atoms with Gasteiger partial charge in [-0.1, -0.05) is 24.3 Å². The molecule has 2 heterocycles. The van der Waals surface area contributed by atoms with Gasteiger partial charge in [0, 0.05) is 12.5 Å². The largest absolute Gasteiger partial charge is 0.352 e. The zero-order valence-electron chi connectivity index (χ0n) is 13.7. The maximum absolute atomic E-state index is 12.5. The summed E-state index contributed by atoms with van der Waals surface area (Å²) in [5, 5.41) is 10.7. The minimum atomic E-state index is 0.210. The lowest BCUT2D eigenvalue weighted by atomic mass is 9.92. The Hall–Kier alpha value is -2.21. The smallest absolute Gasteiger partial charge is 0.223 e. The molecule has 1 aromatic heterocycles. The van der Waals surface area contributed by atoms with Crippen LogP contribution < -0.4 is 10.6 Å². The lowest BCUT2D eigenvalue weighted by Gasteiger charge is -2.23. The average molecular weight is 325 g/mol. The number of nitrogens with zero attached hydrogens (tertiary/aromatic N) is 3. The van der Waals surface area contributed by atoms with Crippen molar-refractivity contribution >= 4 is 5.91 Å². The van der Waals surface area contributed by atoms with Gasteiger partial charge in [0.25, 0.3) is 0 Å². The molecule has 6 heteroatoms. The molecule has 24 heavy (non-hydrogen) atoms. The number of nitrogens with one attached hydrogen (secondary N) is 2. The van der Waals surface area contributed by atoms with E-state index in [0.29, 0.717) is 13.1 Å². The number of carbonyl (C=O) groups is 1. The number of piperidine rings is 1. The van der Waals surface area contributed by atoms with Gasteiger partial charge in [-0.2, -0.15) is 5.10 Å². The molecule has 1 saturated heterocycles. The monoisotopic (exact) mass is 325 g/mol. The minimum absolute atomic E-state index is 0.210. The van der Waals surface area contributed by atoms with Crippen molar-refractivity contribution in [2.75, 3.05) is 13.1 Å². The molecule has 0 radical (unpaired) electrons. The SMILES string of the molecule is O=C(NCc1ccccc1Cn1cncn1)C1CC12CCNCC2. The van der Waals surface area contributed by atoms with Gasteiger partial charge in [0.15, 0.2) is 0 Å². The molecule has 1 spiro atoms. The number of amides is 1. The molecular formula is C18H23N5O. The van der Waals surface area contributed by atoms with E-state index >= 15 is 0 Å². The average Bonchev–Trinajstić information content (AvgIpc) is 3.05. The Bertz CT molecular complexity index is 706. The number of hydrogen-bond donors (Lipinski definition) is 2. The summed E-state index contributed by atoms with van der Waals surface area (Å²) in [6.07, 6.45) is 6.57. The second-order valence-electron chi connectivity index (χ2n) is 6.95. The molecule has 1 unspecified atom stereocenters. The first-order valence-corrected chi connectivity index (χ1v) is 8.64. The fraction of sp³-hybridized carbons (Fsp3) is 0.500. The summed E-state index contributed by atoms with van der Waals surface area (Å²) in [5.41, 5.74) is 2.59. The Kier molecular flexibility index (Phi) is 4.06. The molecule has 2 aromatic rings. The topological polar surface area (TPSA) is 71.8 Å². The second-order valence-corrected chi connectivity index (χ2v) is 6.95. The standard InChI is InChI=1S/C18H23N5O/c24-17(16-9-18(16)5-7-19-8-6-18)21-10-14-3-1-2-4-15(14)11-23-13-20-12-22-23/h1-4,12-13,16,19H,5-11H2,(H,21,24). The van der Waals surface area contributed by atoms with E-state index in [-0.39, 0.29) is 17.2 Å². The van der Waals surface area contributed by atoms with Crippen molar-refractivity contribution in [2.24, 2.45) is 11.3 Å². The van der Waals surface area contributed by atoms with Crippen molar-refractivity contribution in [3.8, 4) is 0 Å². The van der Waals surface area contributed by atoms with Gasteiger partial charge >= 0.3 is 0 Å². The third-order valence-electron chi connectivity index (χ3n) is 5.48. The highest BCUT2D eigenvalue weighted by molar-refractivity contribution is 5.82. The summed E-state index contributed by atoms with van der Waals surface area (Å²) in [7, 11) is 0. The minimum Gasteiger partial charge on any atom is -0.352 e. The first-order chi connectivity index (χ1) is 11.8. The third-order valence-corrected chi connectivity index (χ3v) is 5.48. The van der Waals surface area contributed by atoms with E-state index in [1.165, 1.54) is 6.33 Å². The van der Waals surface area contributed by atoms with Crippen LogP contribution in [0, 0.1) is 11.3 Å². The first-order valence-electron chi connectivity index (χ1n) is 8.64. The highest BCUT2D eigenvalue weighted by Gasteiger charge is 2.57. The van der Waals surface area contributed by atoms with Crippen LogP contribution in [0.3, 0.4) is 0 Å². The van der Waals surface area contributed by atoms with Crippen LogP contribution in [0.5, 0.6) is 0 Å². The van der Waals surface area contributed by atoms with Crippen LogP contribution in [-0.2, 0) is 17.9 Å². The molecule has 1 aliphatic heterocycles. The van der Waals surface area contributed by atoms with Gasteiger partial charge in [-0.15, -0.1) is 0 Å². The van der Waals surface area contributed by atoms with Crippen molar-refractivity contribution < 1.29 is 4.79 Å². The Morgan fingerprint density at radius 2 is 2.08 bits per heavy atom. The fourth-order valence-corrected chi connectivity index (χ4v) is 3.87. The number of rotatable bonds is 5. The van der Waals surface area contributed by atoms with Crippen molar-refractivity contribution in [2.45, 2.75) is 32.4 Å². The van der Waals surface area contributed by atoms with Gasteiger partial charge in [0.1, 0.15) is 12.7 Å². The highest BCUT2D eigenvalue weighted by atomic mass is 16.2. The summed E-state index contributed by atoms with van der Waals surface area (Å²) in [5.74, 6) is 0.425. The summed E-state index contributed by atoms with van der Waals surface area (Å²) in [4.78, 5) is 16.5. The van der Waals surface area contributed by atoms with Crippen LogP contribution >= 0.6 is 0 Å². The summed E-state index contributed by atoms with van der Waals surface area (Å²) >= 11 is 0. The predicted octanol–water partition coefficient (Wildman–Crippen LogP) is 1.33. The van der Waals surface area contributed by atoms with E-state index in [9.17, 15) is 4.79 Å². The van der Waals surface area contributed by atoms with Gasteiger partial charge in [-0.3, -0.25) is 4.79 Å². The van der Waals surface area contributed by atoms with Crippen molar-refractivity contribution in [1.29, 1.82) is 0 Å². The molecule has 0 bridgehead atoms. The molecule has 1 atom stereocenters. The molecule has 2 N–H and O–H groups in total. The van der Waals surface area contributed by atoms with E-state index in [0.717, 1.165) is 43.5 Å². The van der Waals surface area contributed by atoms with Crippen LogP contribution in [0.25, 0.3) is 0 Å². The van der Waals surface area contributed by atoms with Crippen LogP contribution in [0.15, 0.2) is 36.9 Å². The van der Waals surface area contributed by atoms with E-state index < -0.39 is 0 Å². The Balaban J connectivity index is 1.37. The van der Waals surface area contributed by atoms with Crippen molar-refractivity contribution in [3.05, 3.63) is 48.0 Å². The Labute approximate surface area is 141 Å². The number of hydrogen-bond acceptors (Lipinski definition) is 4. The quantitative estimate of drug-likeness (QED) is 0.870. The van der Waals surface area contributed by atoms with E-state index in [1.54, 1.807) is 11.0 Å². The Morgan fingerprint density at radius 1 is 1.29 bits per heavy atom. The Morgan fingerprint density at radius 3 is 2.83 bits per heavy atom. The van der Waals surface area contributed by atoms with E-state index in [1.807, 2.05) is 12.1 Å². The lowest BCUT2D eigenvalue weighted by Crippen LogP contribution is -2.33. The maximum atomic E-state index is 12.5. The van der Waals surface area contributed by atoms with Gasteiger partial charge in [-0.05, 0) is 48.9 Å². The molecule has 2 fully saturated rings. The zero-order chi connectivity index (χ0) is 16.4. The zero-order valence-corrected chi connectivity index (χ0v) is 13.7. The molecule has 2 aliphatic rings. The molecule has 4 rings (SSSR count). The number of benzene rings is 1. The van der Waals surface area contributed by atoms with Gasteiger partial charge in [-0.25, -0.2) is 9.67 Å². The van der Waals surface area contributed by atoms with Gasteiger partial charge < -0.3 is 10.6 Å². The molecule has 1 aliphatic carbocycles. The van der Waals surface area contributed by atoms with Gasteiger partial charge in [0.05, 0.1) is 6.54 Å². The number of aromatic nitrogens is 3. The highest BCUT2D eigenvalue weighted by Crippen LogP contribution is 2.58. The molecule has 1 amide bonds. The lowest BCUT2D eigenvalue weighted by molar-refractivity contribution is -0.123. The first kappa shape index (κ1) is 15.3. The number of carbonyl (C=O) groups excluding carboxylic acids is 1. The van der Waals surface area contributed by atoms with Gasteiger partial charge in [0.2, 0.25) is 5.91 Å². The second kappa shape index (κ2) is 6.36. The van der Waals surface area contributed by atoms with Crippen LogP contribution in [0.2, 0.25) is 0 Å². The van der Waals surface area contributed by atoms with Crippen LogP contribution in [-0.4, -0.2) is 33.8 Å². The molecule has 1 saturated carbocycles. The van der Waals surface area contributed by atoms with Crippen LogP contribution in [0.1, 0.15) is 30.4 Å². The fourth-order valence-electron chi connectivity index (χ4n) is 3.87. The molecule has 126 valence electrons. The normalized spacial score (nSPS) is 21.6. The van der Waals surface area contributed by atoms with E-state index in [4.69, 9.17) is 0 Å².